The highest BCUT2D eigenvalue weighted by molar-refractivity contribution is 7.80. The topological polar surface area (TPSA) is 33.1 Å². The van der Waals surface area contributed by atoms with Crippen molar-refractivity contribution < 1.29 is 8.78 Å². The average molecular weight is 447 g/mol. The molecule has 3 heterocycles. The number of aromatic nitrogens is 2. The molecule has 2 atom stereocenters. The number of rotatable bonds is 4. The van der Waals surface area contributed by atoms with E-state index in [1.807, 2.05) is 46.0 Å². The Morgan fingerprint density at radius 2 is 1.72 bits per heavy atom. The molecule has 0 saturated carbocycles. The van der Waals surface area contributed by atoms with E-state index in [0.717, 1.165) is 22.8 Å². The summed E-state index contributed by atoms with van der Waals surface area (Å²) in [7, 11) is 0. The van der Waals surface area contributed by atoms with Crippen molar-refractivity contribution in [3.8, 4) is 5.69 Å². The van der Waals surface area contributed by atoms with E-state index in [-0.39, 0.29) is 23.7 Å². The number of benzene rings is 2. The maximum absolute atomic E-state index is 14.0. The number of aryl methyl sites for hydroxylation is 1. The van der Waals surface area contributed by atoms with E-state index >= 15 is 0 Å². The van der Waals surface area contributed by atoms with E-state index in [4.69, 9.17) is 12.2 Å². The number of halogens is 2. The van der Waals surface area contributed by atoms with Gasteiger partial charge in [-0.05, 0) is 91.4 Å². The largest absolute Gasteiger partial charge is 0.351 e. The number of pyridine rings is 1. The SMILES string of the molecule is Cc1cc(N2C(=S)N[C@@H](c3ccccn3)[C@@H]2c2cccn2-c2ccc(F)cc2)ccc1F. The van der Waals surface area contributed by atoms with Gasteiger partial charge in [0, 0.05) is 29.5 Å². The summed E-state index contributed by atoms with van der Waals surface area (Å²) in [5.41, 5.74) is 3.95. The first-order chi connectivity index (χ1) is 15.5. The van der Waals surface area contributed by atoms with Crippen LogP contribution in [0, 0.1) is 18.6 Å². The van der Waals surface area contributed by atoms with Gasteiger partial charge in [0.15, 0.2) is 5.11 Å². The predicted molar refractivity (Wildman–Crippen MR) is 125 cm³/mol. The number of anilines is 1. The lowest BCUT2D eigenvalue weighted by molar-refractivity contribution is 0.548. The Balaban J connectivity index is 1.67. The second-order valence-corrected chi connectivity index (χ2v) is 8.10. The molecule has 0 bridgehead atoms. The van der Waals surface area contributed by atoms with Crippen LogP contribution in [0.2, 0.25) is 0 Å². The molecule has 32 heavy (non-hydrogen) atoms. The van der Waals surface area contributed by atoms with Crippen LogP contribution >= 0.6 is 12.2 Å². The maximum atomic E-state index is 14.0. The molecule has 1 aliphatic heterocycles. The zero-order valence-electron chi connectivity index (χ0n) is 17.2. The van der Waals surface area contributed by atoms with E-state index in [1.165, 1.54) is 18.2 Å². The van der Waals surface area contributed by atoms with E-state index < -0.39 is 0 Å². The average Bonchev–Trinajstić information content (AvgIpc) is 3.41. The molecule has 0 spiro atoms. The van der Waals surface area contributed by atoms with E-state index in [9.17, 15) is 8.78 Å². The lowest BCUT2D eigenvalue weighted by Crippen LogP contribution is -2.30. The predicted octanol–water partition coefficient (Wildman–Crippen LogP) is 5.64. The molecule has 1 N–H and O–H groups in total. The zero-order valence-corrected chi connectivity index (χ0v) is 18.1. The normalized spacial score (nSPS) is 18.1. The van der Waals surface area contributed by atoms with Gasteiger partial charge in [-0.3, -0.25) is 4.98 Å². The summed E-state index contributed by atoms with van der Waals surface area (Å²) in [5.74, 6) is -0.555. The van der Waals surface area contributed by atoms with Crippen LogP contribution in [0.5, 0.6) is 0 Å². The van der Waals surface area contributed by atoms with Crippen LogP contribution in [-0.2, 0) is 0 Å². The molecule has 2 aromatic carbocycles. The van der Waals surface area contributed by atoms with E-state index in [0.29, 0.717) is 10.7 Å². The molecule has 0 amide bonds. The maximum Gasteiger partial charge on any atom is 0.174 e. The molecule has 1 saturated heterocycles. The van der Waals surface area contributed by atoms with Gasteiger partial charge in [-0.15, -0.1) is 0 Å². The fourth-order valence-corrected chi connectivity index (χ4v) is 4.53. The van der Waals surface area contributed by atoms with Gasteiger partial charge in [-0.2, -0.15) is 0 Å². The summed E-state index contributed by atoms with van der Waals surface area (Å²) in [6.45, 7) is 1.73. The molecule has 0 radical (unpaired) electrons. The van der Waals surface area contributed by atoms with Gasteiger partial charge in [0.1, 0.15) is 17.7 Å². The van der Waals surface area contributed by atoms with E-state index in [2.05, 4.69) is 10.3 Å². The number of hydrogen-bond acceptors (Lipinski definition) is 2. The summed E-state index contributed by atoms with van der Waals surface area (Å²) < 4.78 is 29.5. The van der Waals surface area contributed by atoms with Crippen molar-refractivity contribution in [2.24, 2.45) is 0 Å². The number of thiocarbonyl (C=S) groups is 1. The highest BCUT2D eigenvalue weighted by Gasteiger charge is 2.42. The Labute approximate surface area is 190 Å². The molecule has 7 heteroatoms. The Morgan fingerprint density at radius 1 is 0.938 bits per heavy atom. The molecule has 1 aliphatic rings. The van der Waals surface area contributed by atoms with Gasteiger partial charge in [-0.25, -0.2) is 8.78 Å². The zero-order chi connectivity index (χ0) is 22.2. The Hall–Kier alpha value is -3.58. The molecule has 2 aromatic heterocycles. The summed E-state index contributed by atoms with van der Waals surface area (Å²) in [6, 6.07) is 20.6. The fourth-order valence-electron chi connectivity index (χ4n) is 4.18. The highest BCUT2D eigenvalue weighted by Crippen LogP contribution is 2.42. The molecule has 4 aromatic rings. The van der Waals surface area contributed by atoms with Crippen LogP contribution in [-0.4, -0.2) is 14.7 Å². The van der Waals surface area contributed by atoms with Gasteiger partial charge in [-0.1, -0.05) is 6.07 Å². The monoisotopic (exact) mass is 446 g/mol. The van der Waals surface area contributed by atoms with Crippen molar-refractivity contribution in [1.82, 2.24) is 14.9 Å². The van der Waals surface area contributed by atoms with Crippen LogP contribution in [0.4, 0.5) is 14.5 Å². The lowest BCUT2D eigenvalue weighted by atomic mass is 10.0. The first-order valence-electron chi connectivity index (χ1n) is 10.2. The quantitative estimate of drug-likeness (QED) is 0.412. The molecule has 0 aliphatic carbocycles. The molecule has 5 rings (SSSR count). The first kappa shape index (κ1) is 20.3. The Kier molecular flexibility index (Phi) is 5.19. The summed E-state index contributed by atoms with van der Waals surface area (Å²) in [6.07, 6.45) is 3.69. The molecule has 1 fully saturated rings. The minimum Gasteiger partial charge on any atom is -0.351 e. The molecular formula is C25H20F2N4S. The van der Waals surface area contributed by atoms with Gasteiger partial charge in [0.05, 0.1) is 11.7 Å². The Bertz CT molecular complexity index is 1270. The van der Waals surface area contributed by atoms with Crippen LogP contribution in [0.25, 0.3) is 5.69 Å². The van der Waals surface area contributed by atoms with Crippen molar-refractivity contribution in [3.63, 3.8) is 0 Å². The summed E-state index contributed by atoms with van der Waals surface area (Å²) in [5, 5.41) is 3.94. The third kappa shape index (κ3) is 3.54. The van der Waals surface area contributed by atoms with Gasteiger partial charge < -0.3 is 14.8 Å². The molecule has 4 nitrogen and oxygen atoms in total. The standard InChI is InChI=1S/C25H20F2N4S/c1-16-15-19(11-12-20(16)27)31-24(23(29-25(31)32)21-5-2-3-13-28-21)22-6-4-14-30(22)18-9-7-17(26)8-10-18/h2-15,23-24H,1H3,(H,29,32)/t23-,24-/m0/s1. The molecule has 0 unspecified atom stereocenters. The second-order valence-electron chi connectivity index (χ2n) is 7.71. The van der Waals surface area contributed by atoms with Crippen molar-refractivity contribution in [1.29, 1.82) is 0 Å². The van der Waals surface area contributed by atoms with Gasteiger partial charge in [0.2, 0.25) is 0 Å². The minimum atomic E-state index is -0.291. The highest BCUT2D eigenvalue weighted by atomic mass is 32.1. The molecular weight excluding hydrogens is 426 g/mol. The Morgan fingerprint density at radius 3 is 2.44 bits per heavy atom. The third-order valence-electron chi connectivity index (χ3n) is 5.71. The van der Waals surface area contributed by atoms with Crippen molar-refractivity contribution in [3.05, 3.63) is 114 Å². The van der Waals surface area contributed by atoms with Crippen molar-refractivity contribution in [2.75, 3.05) is 4.90 Å². The number of nitrogens with zero attached hydrogens (tertiary/aromatic N) is 3. The minimum absolute atomic E-state index is 0.233. The van der Waals surface area contributed by atoms with Crippen LogP contribution in [0.3, 0.4) is 0 Å². The van der Waals surface area contributed by atoms with Crippen LogP contribution in [0.15, 0.2) is 85.2 Å². The summed E-state index contributed by atoms with van der Waals surface area (Å²) >= 11 is 5.74. The fraction of sp³-hybridized carbons (Fsp3) is 0.120. The van der Waals surface area contributed by atoms with E-state index in [1.54, 1.807) is 37.4 Å². The van der Waals surface area contributed by atoms with Crippen LogP contribution in [0.1, 0.15) is 29.0 Å². The van der Waals surface area contributed by atoms with Gasteiger partial charge >= 0.3 is 0 Å². The summed E-state index contributed by atoms with van der Waals surface area (Å²) in [4.78, 5) is 6.56. The van der Waals surface area contributed by atoms with Crippen LogP contribution < -0.4 is 10.2 Å². The van der Waals surface area contributed by atoms with Crippen molar-refractivity contribution in [2.45, 2.75) is 19.0 Å². The first-order valence-corrected chi connectivity index (χ1v) is 10.6. The smallest absolute Gasteiger partial charge is 0.174 e. The number of nitrogens with one attached hydrogen (secondary N) is 1. The number of hydrogen-bond donors (Lipinski definition) is 1. The van der Waals surface area contributed by atoms with Crippen molar-refractivity contribution >= 4 is 23.0 Å². The lowest BCUT2D eigenvalue weighted by Gasteiger charge is -2.29. The molecule has 160 valence electrons. The third-order valence-corrected chi connectivity index (χ3v) is 6.02. The van der Waals surface area contributed by atoms with Gasteiger partial charge in [0.25, 0.3) is 0 Å². The second kappa shape index (κ2) is 8.16.